The van der Waals surface area contributed by atoms with Crippen molar-refractivity contribution in [1.82, 2.24) is 0 Å². The lowest BCUT2D eigenvalue weighted by Gasteiger charge is -2.25. The molecule has 4 N–H and O–H groups in total. The monoisotopic (exact) mass is 190 g/mol. The maximum Gasteiger partial charge on any atom is 0.108 e. The Morgan fingerprint density at radius 1 is 1.08 bits per heavy atom. The van der Waals surface area contributed by atoms with Gasteiger partial charge in [-0.15, -0.1) is 0 Å². The third kappa shape index (κ3) is 2.64. The van der Waals surface area contributed by atoms with Crippen LogP contribution in [0.2, 0.25) is 0 Å². The van der Waals surface area contributed by atoms with Crippen molar-refractivity contribution in [2.24, 2.45) is 5.92 Å². The summed E-state index contributed by atoms with van der Waals surface area (Å²) in [5, 5.41) is 36.7. The van der Waals surface area contributed by atoms with E-state index in [2.05, 4.69) is 0 Å². The average Bonchev–Trinajstić information content (AvgIpc) is 2.67. The van der Waals surface area contributed by atoms with E-state index in [4.69, 9.17) is 10.2 Å². The number of aliphatic hydroxyl groups is 4. The predicted octanol–water partition coefficient (Wildman–Crippen LogP) is -0.748. The Kier molecular flexibility index (Phi) is 4.12. The molecule has 0 saturated heterocycles. The molecule has 0 radical (unpaired) electrons. The molecule has 1 unspecified atom stereocenters. The molecule has 1 saturated carbocycles. The quantitative estimate of drug-likeness (QED) is 0.470. The van der Waals surface area contributed by atoms with Crippen LogP contribution < -0.4 is 0 Å². The highest BCUT2D eigenvalue weighted by Gasteiger charge is 2.32. The predicted molar refractivity (Wildman–Crippen MR) is 47.1 cm³/mol. The zero-order valence-corrected chi connectivity index (χ0v) is 7.63. The molecule has 4 nitrogen and oxygen atoms in total. The lowest BCUT2D eigenvalue weighted by Crippen LogP contribution is -2.42. The van der Waals surface area contributed by atoms with Gasteiger partial charge >= 0.3 is 0 Å². The second-order valence-electron chi connectivity index (χ2n) is 3.78. The summed E-state index contributed by atoms with van der Waals surface area (Å²) in [5.74, 6) is 0.0798. The fourth-order valence-corrected chi connectivity index (χ4v) is 1.91. The van der Waals surface area contributed by atoms with Crippen molar-refractivity contribution in [3.05, 3.63) is 0 Å². The molecular formula is C9H18O4. The van der Waals surface area contributed by atoms with Crippen LogP contribution >= 0.6 is 0 Å². The zero-order chi connectivity index (χ0) is 9.84. The standard InChI is InChI=1S/C9H18O4/c10-5-7(11)9(13)8(12)6-3-1-2-4-6/h6-13H,1-5H2/t7-,8?,9+/m0/s1. The second-order valence-corrected chi connectivity index (χ2v) is 3.78. The maximum absolute atomic E-state index is 9.60. The van der Waals surface area contributed by atoms with E-state index in [0.29, 0.717) is 0 Å². The van der Waals surface area contributed by atoms with E-state index in [1.54, 1.807) is 0 Å². The number of hydrogen-bond donors (Lipinski definition) is 4. The van der Waals surface area contributed by atoms with Crippen molar-refractivity contribution in [1.29, 1.82) is 0 Å². The van der Waals surface area contributed by atoms with Gasteiger partial charge in [0.05, 0.1) is 12.7 Å². The normalized spacial score (nSPS) is 25.8. The molecule has 0 heterocycles. The molecule has 3 atom stereocenters. The highest BCUT2D eigenvalue weighted by Crippen LogP contribution is 2.29. The van der Waals surface area contributed by atoms with E-state index in [0.717, 1.165) is 25.7 Å². The smallest absolute Gasteiger partial charge is 0.108 e. The van der Waals surface area contributed by atoms with Crippen molar-refractivity contribution in [3.63, 3.8) is 0 Å². The van der Waals surface area contributed by atoms with Crippen molar-refractivity contribution < 1.29 is 20.4 Å². The third-order valence-electron chi connectivity index (χ3n) is 2.81. The zero-order valence-electron chi connectivity index (χ0n) is 7.63. The van der Waals surface area contributed by atoms with Crippen LogP contribution in [0.15, 0.2) is 0 Å². The molecule has 0 aromatic carbocycles. The van der Waals surface area contributed by atoms with Crippen molar-refractivity contribution >= 4 is 0 Å². The van der Waals surface area contributed by atoms with E-state index in [9.17, 15) is 10.2 Å². The molecule has 1 aliphatic rings. The van der Waals surface area contributed by atoms with Crippen LogP contribution in [0.5, 0.6) is 0 Å². The van der Waals surface area contributed by atoms with E-state index in [1.807, 2.05) is 0 Å². The first kappa shape index (κ1) is 10.9. The SMILES string of the molecule is OC[C@H](O)[C@@H](O)C(O)C1CCCC1. The van der Waals surface area contributed by atoms with Crippen LogP contribution in [-0.2, 0) is 0 Å². The molecule has 1 fully saturated rings. The summed E-state index contributed by atoms with van der Waals surface area (Å²) in [6.45, 7) is -0.509. The van der Waals surface area contributed by atoms with Crippen LogP contribution in [0.4, 0.5) is 0 Å². The highest BCUT2D eigenvalue weighted by molar-refractivity contribution is 4.83. The minimum atomic E-state index is -1.23. The summed E-state index contributed by atoms with van der Waals surface area (Å²) < 4.78 is 0. The topological polar surface area (TPSA) is 80.9 Å². The second kappa shape index (κ2) is 4.91. The Morgan fingerprint density at radius 2 is 1.62 bits per heavy atom. The first-order valence-corrected chi connectivity index (χ1v) is 4.82. The molecular weight excluding hydrogens is 172 g/mol. The lowest BCUT2D eigenvalue weighted by atomic mass is 9.94. The molecule has 1 rings (SSSR count). The third-order valence-corrected chi connectivity index (χ3v) is 2.81. The van der Waals surface area contributed by atoms with Gasteiger partial charge in [-0.1, -0.05) is 12.8 Å². The Morgan fingerprint density at radius 3 is 2.08 bits per heavy atom. The molecule has 0 aromatic rings. The molecule has 0 aliphatic heterocycles. The van der Waals surface area contributed by atoms with E-state index < -0.39 is 24.9 Å². The molecule has 0 aromatic heterocycles. The summed E-state index contributed by atoms with van der Waals surface area (Å²) >= 11 is 0. The molecule has 0 amide bonds. The van der Waals surface area contributed by atoms with Gasteiger partial charge in [-0.25, -0.2) is 0 Å². The van der Waals surface area contributed by atoms with Gasteiger partial charge in [-0.05, 0) is 18.8 Å². The van der Waals surface area contributed by atoms with Gasteiger partial charge in [-0.3, -0.25) is 0 Å². The molecule has 4 heteroatoms. The Bertz CT molecular complexity index is 145. The Labute approximate surface area is 77.8 Å². The Hall–Kier alpha value is -0.160. The minimum absolute atomic E-state index is 0.0798. The van der Waals surface area contributed by atoms with Crippen LogP contribution in [0, 0.1) is 5.92 Å². The number of aliphatic hydroxyl groups excluding tert-OH is 4. The Balaban J connectivity index is 2.40. The van der Waals surface area contributed by atoms with Crippen LogP contribution in [-0.4, -0.2) is 45.3 Å². The molecule has 0 bridgehead atoms. The van der Waals surface area contributed by atoms with Gasteiger partial charge in [0, 0.05) is 0 Å². The molecule has 78 valence electrons. The fourth-order valence-electron chi connectivity index (χ4n) is 1.91. The van der Waals surface area contributed by atoms with Gasteiger partial charge in [0.25, 0.3) is 0 Å². The van der Waals surface area contributed by atoms with Crippen LogP contribution in [0.3, 0.4) is 0 Å². The summed E-state index contributed by atoms with van der Waals surface area (Å²) in [4.78, 5) is 0. The van der Waals surface area contributed by atoms with Gasteiger partial charge in [0.15, 0.2) is 0 Å². The highest BCUT2D eigenvalue weighted by atomic mass is 16.4. The van der Waals surface area contributed by atoms with E-state index in [1.165, 1.54) is 0 Å². The summed E-state index contributed by atoms with van der Waals surface area (Å²) in [7, 11) is 0. The largest absolute Gasteiger partial charge is 0.394 e. The van der Waals surface area contributed by atoms with Crippen molar-refractivity contribution in [3.8, 4) is 0 Å². The summed E-state index contributed by atoms with van der Waals surface area (Å²) in [6.07, 6.45) is 0.605. The lowest BCUT2D eigenvalue weighted by molar-refractivity contribution is -0.0937. The minimum Gasteiger partial charge on any atom is -0.394 e. The fraction of sp³-hybridized carbons (Fsp3) is 1.00. The number of hydrogen-bond acceptors (Lipinski definition) is 4. The van der Waals surface area contributed by atoms with Gasteiger partial charge in [0.1, 0.15) is 12.2 Å². The van der Waals surface area contributed by atoms with Crippen LogP contribution in [0.25, 0.3) is 0 Å². The van der Waals surface area contributed by atoms with Gasteiger partial charge < -0.3 is 20.4 Å². The maximum atomic E-state index is 9.60. The summed E-state index contributed by atoms with van der Waals surface area (Å²) in [6, 6.07) is 0. The van der Waals surface area contributed by atoms with Crippen LogP contribution in [0.1, 0.15) is 25.7 Å². The summed E-state index contributed by atoms with van der Waals surface area (Å²) in [5.41, 5.74) is 0. The molecule has 13 heavy (non-hydrogen) atoms. The first-order valence-electron chi connectivity index (χ1n) is 4.82. The average molecular weight is 190 g/mol. The van der Waals surface area contributed by atoms with E-state index in [-0.39, 0.29) is 5.92 Å². The van der Waals surface area contributed by atoms with Crippen molar-refractivity contribution in [2.45, 2.75) is 44.0 Å². The molecule has 0 spiro atoms. The van der Waals surface area contributed by atoms with Gasteiger partial charge in [-0.2, -0.15) is 0 Å². The van der Waals surface area contributed by atoms with E-state index >= 15 is 0 Å². The van der Waals surface area contributed by atoms with Gasteiger partial charge in [0.2, 0.25) is 0 Å². The first-order chi connectivity index (χ1) is 6.16. The number of rotatable bonds is 4. The molecule has 1 aliphatic carbocycles. The van der Waals surface area contributed by atoms with Crippen molar-refractivity contribution in [2.75, 3.05) is 6.61 Å².